The SMILES string of the molecule is COc1ccc2nnc(N)n2c1. The van der Waals surface area contributed by atoms with Crippen molar-refractivity contribution in [3.05, 3.63) is 18.3 Å². The van der Waals surface area contributed by atoms with E-state index in [0.717, 1.165) is 5.75 Å². The largest absolute Gasteiger partial charge is 0.495 e. The molecule has 0 aromatic carbocycles. The van der Waals surface area contributed by atoms with Gasteiger partial charge in [-0.05, 0) is 12.1 Å². The van der Waals surface area contributed by atoms with Crippen LogP contribution in [0, 0.1) is 0 Å². The number of pyridine rings is 1. The molecule has 0 radical (unpaired) electrons. The van der Waals surface area contributed by atoms with E-state index in [1.165, 1.54) is 0 Å². The molecule has 0 aliphatic carbocycles. The highest BCUT2D eigenvalue weighted by atomic mass is 16.5. The maximum absolute atomic E-state index is 5.53. The molecule has 12 heavy (non-hydrogen) atoms. The molecule has 5 nitrogen and oxygen atoms in total. The lowest BCUT2D eigenvalue weighted by Gasteiger charge is -1.99. The number of aromatic nitrogens is 3. The number of ether oxygens (including phenoxy) is 1. The third-order valence-electron chi connectivity index (χ3n) is 1.64. The molecule has 0 bridgehead atoms. The van der Waals surface area contributed by atoms with Crippen LogP contribution < -0.4 is 10.5 Å². The summed E-state index contributed by atoms with van der Waals surface area (Å²) in [5.41, 5.74) is 6.25. The highest BCUT2D eigenvalue weighted by Gasteiger charge is 2.00. The van der Waals surface area contributed by atoms with Crippen LogP contribution in [0.3, 0.4) is 0 Å². The lowest BCUT2D eigenvalue weighted by Crippen LogP contribution is -1.94. The monoisotopic (exact) mass is 164 g/mol. The summed E-state index contributed by atoms with van der Waals surface area (Å²) in [5.74, 6) is 1.10. The first kappa shape index (κ1) is 6.90. The fraction of sp³-hybridized carbons (Fsp3) is 0.143. The van der Waals surface area contributed by atoms with Gasteiger partial charge in [0, 0.05) is 0 Å². The van der Waals surface area contributed by atoms with E-state index < -0.39 is 0 Å². The Labute approximate surface area is 68.8 Å². The van der Waals surface area contributed by atoms with E-state index in [2.05, 4.69) is 10.2 Å². The summed E-state index contributed by atoms with van der Waals surface area (Å²) in [4.78, 5) is 0. The van der Waals surface area contributed by atoms with Crippen molar-refractivity contribution in [2.45, 2.75) is 0 Å². The van der Waals surface area contributed by atoms with Gasteiger partial charge in [0.25, 0.3) is 0 Å². The number of methoxy groups -OCH3 is 1. The van der Waals surface area contributed by atoms with Crippen molar-refractivity contribution in [1.82, 2.24) is 14.6 Å². The maximum Gasteiger partial charge on any atom is 0.226 e. The van der Waals surface area contributed by atoms with Crippen molar-refractivity contribution in [3.63, 3.8) is 0 Å². The van der Waals surface area contributed by atoms with E-state index in [-0.39, 0.29) is 0 Å². The summed E-state index contributed by atoms with van der Waals surface area (Å²) in [7, 11) is 1.60. The lowest BCUT2D eigenvalue weighted by molar-refractivity contribution is 0.412. The summed E-state index contributed by atoms with van der Waals surface area (Å²) in [6, 6.07) is 3.60. The van der Waals surface area contributed by atoms with Crippen LogP contribution in [0.5, 0.6) is 5.75 Å². The van der Waals surface area contributed by atoms with Gasteiger partial charge in [-0.3, -0.25) is 4.40 Å². The number of rotatable bonds is 1. The van der Waals surface area contributed by atoms with Gasteiger partial charge in [-0.15, -0.1) is 10.2 Å². The van der Waals surface area contributed by atoms with E-state index >= 15 is 0 Å². The van der Waals surface area contributed by atoms with Gasteiger partial charge in [0.1, 0.15) is 5.75 Å². The Hall–Kier alpha value is -1.78. The van der Waals surface area contributed by atoms with Crippen LogP contribution in [0.2, 0.25) is 0 Å². The molecule has 0 spiro atoms. The summed E-state index contributed by atoms with van der Waals surface area (Å²) in [6.07, 6.45) is 1.74. The Kier molecular flexibility index (Phi) is 1.36. The second-order valence-corrected chi connectivity index (χ2v) is 2.36. The molecular weight excluding hydrogens is 156 g/mol. The van der Waals surface area contributed by atoms with Crippen LogP contribution in [0.25, 0.3) is 5.65 Å². The number of nitrogen functional groups attached to an aromatic ring is 1. The van der Waals surface area contributed by atoms with Crippen molar-refractivity contribution in [2.75, 3.05) is 12.8 Å². The number of fused-ring (bicyclic) bond motifs is 1. The molecule has 62 valence electrons. The Morgan fingerprint density at radius 2 is 2.25 bits per heavy atom. The van der Waals surface area contributed by atoms with Gasteiger partial charge < -0.3 is 10.5 Å². The normalized spacial score (nSPS) is 10.4. The Morgan fingerprint density at radius 1 is 1.42 bits per heavy atom. The smallest absolute Gasteiger partial charge is 0.226 e. The van der Waals surface area contributed by atoms with Gasteiger partial charge in [-0.2, -0.15) is 0 Å². The Morgan fingerprint density at radius 3 is 3.00 bits per heavy atom. The molecular formula is C7H8N4O. The minimum atomic E-state index is 0.365. The van der Waals surface area contributed by atoms with Gasteiger partial charge in [0.2, 0.25) is 5.95 Å². The van der Waals surface area contributed by atoms with Crippen LogP contribution in [-0.2, 0) is 0 Å². The molecule has 0 atom stereocenters. The van der Waals surface area contributed by atoms with Crippen molar-refractivity contribution >= 4 is 11.6 Å². The molecule has 0 saturated carbocycles. The number of nitrogens with two attached hydrogens (primary N) is 1. The minimum absolute atomic E-state index is 0.365. The molecule has 0 aliphatic rings. The highest BCUT2D eigenvalue weighted by molar-refractivity contribution is 5.45. The van der Waals surface area contributed by atoms with Gasteiger partial charge >= 0.3 is 0 Å². The summed E-state index contributed by atoms with van der Waals surface area (Å²) < 4.78 is 6.68. The summed E-state index contributed by atoms with van der Waals surface area (Å²) in [6.45, 7) is 0. The number of anilines is 1. The zero-order valence-electron chi connectivity index (χ0n) is 6.56. The van der Waals surface area contributed by atoms with Crippen molar-refractivity contribution in [1.29, 1.82) is 0 Å². The van der Waals surface area contributed by atoms with Crippen molar-refractivity contribution in [3.8, 4) is 5.75 Å². The summed E-state index contributed by atoms with van der Waals surface area (Å²) in [5, 5.41) is 7.53. The average molecular weight is 164 g/mol. The van der Waals surface area contributed by atoms with E-state index in [1.807, 2.05) is 6.07 Å². The molecule has 2 N–H and O–H groups in total. The van der Waals surface area contributed by atoms with E-state index in [1.54, 1.807) is 23.8 Å². The number of nitrogens with zero attached hydrogens (tertiary/aromatic N) is 3. The Bertz CT molecular complexity index is 409. The predicted octanol–water partition coefficient (Wildman–Crippen LogP) is 0.320. The van der Waals surface area contributed by atoms with E-state index in [0.29, 0.717) is 11.6 Å². The van der Waals surface area contributed by atoms with Crippen molar-refractivity contribution in [2.24, 2.45) is 0 Å². The third-order valence-corrected chi connectivity index (χ3v) is 1.64. The van der Waals surface area contributed by atoms with Gasteiger partial charge in [0.15, 0.2) is 5.65 Å². The molecule has 0 unspecified atom stereocenters. The quantitative estimate of drug-likeness (QED) is 0.659. The first-order chi connectivity index (χ1) is 5.81. The number of hydrogen-bond acceptors (Lipinski definition) is 4. The second-order valence-electron chi connectivity index (χ2n) is 2.36. The summed E-state index contributed by atoms with van der Waals surface area (Å²) >= 11 is 0. The van der Waals surface area contributed by atoms with Crippen LogP contribution in [0.4, 0.5) is 5.95 Å². The first-order valence-corrected chi connectivity index (χ1v) is 3.45. The fourth-order valence-corrected chi connectivity index (χ4v) is 1.01. The van der Waals surface area contributed by atoms with Crippen LogP contribution in [-0.4, -0.2) is 21.7 Å². The standard InChI is InChI=1S/C7H8N4O/c1-12-5-2-3-6-9-10-7(8)11(6)4-5/h2-4H,1H3,(H2,8,10). The molecule has 0 saturated heterocycles. The topological polar surface area (TPSA) is 65.4 Å². The molecule has 0 fully saturated rings. The minimum Gasteiger partial charge on any atom is -0.495 e. The molecule has 5 heteroatoms. The van der Waals surface area contributed by atoms with Gasteiger partial charge in [-0.25, -0.2) is 0 Å². The van der Waals surface area contributed by atoms with Crippen LogP contribution in [0.15, 0.2) is 18.3 Å². The zero-order chi connectivity index (χ0) is 8.55. The zero-order valence-corrected chi connectivity index (χ0v) is 6.56. The van der Waals surface area contributed by atoms with Gasteiger partial charge in [-0.1, -0.05) is 0 Å². The molecule has 2 heterocycles. The molecule has 2 rings (SSSR count). The lowest BCUT2D eigenvalue weighted by atomic mass is 10.4. The fourth-order valence-electron chi connectivity index (χ4n) is 1.01. The molecule has 2 aromatic rings. The average Bonchev–Trinajstić information content (AvgIpc) is 2.47. The third kappa shape index (κ3) is 0.868. The molecule has 0 amide bonds. The first-order valence-electron chi connectivity index (χ1n) is 3.45. The number of hydrogen-bond donors (Lipinski definition) is 1. The molecule has 0 aliphatic heterocycles. The maximum atomic E-state index is 5.53. The van der Waals surface area contributed by atoms with Gasteiger partial charge in [0.05, 0.1) is 13.3 Å². The highest BCUT2D eigenvalue weighted by Crippen LogP contribution is 2.13. The van der Waals surface area contributed by atoms with Crippen LogP contribution in [0.1, 0.15) is 0 Å². The molecule has 2 aromatic heterocycles. The van der Waals surface area contributed by atoms with E-state index in [9.17, 15) is 0 Å². The predicted molar refractivity (Wildman–Crippen MR) is 44.0 cm³/mol. The van der Waals surface area contributed by atoms with Crippen molar-refractivity contribution < 1.29 is 4.74 Å². The second kappa shape index (κ2) is 2.37. The van der Waals surface area contributed by atoms with E-state index in [4.69, 9.17) is 10.5 Å². The van der Waals surface area contributed by atoms with Crippen LogP contribution >= 0.6 is 0 Å². The Balaban J connectivity index is 2.71.